The van der Waals surface area contributed by atoms with Crippen molar-refractivity contribution in [2.75, 3.05) is 52.4 Å². The van der Waals surface area contributed by atoms with E-state index in [1.54, 1.807) is 0 Å². The van der Waals surface area contributed by atoms with Crippen molar-refractivity contribution < 1.29 is 9.84 Å². The second-order valence-electron chi connectivity index (χ2n) is 13.9. The summed E-state index contributed by atoms with van der Waals surface area (Å²) in [6.45, 7) is 26.8. The summed E-state index contributed by atoms with van der Waals surface area (Å²) < 4.78 is 6.85. The van der Waals surface area contributed by atoms with Crippen LogP contribution in [0.25, 0.3) is 0 Å². The number of nitrogens with zero attached hydrogens (tertiary/aromatic N) is 1. The molecule has 0 aliphatic carbocycles. The van der Waals surface area contributed by atoms with Crippen LogP contribution in [0.15, 0.2) is 24.3 Å². The largest absolute Gasteiger partial charge is 0.456 e. The van der Waals surface area contributed by atoms with Gasteiger partial charge in [0.25, 0.3) is 0 Å². The summed E-state index contributed by atoms with van der Waals surface area (Å²) in [5, 5.41) is 21.1. The van der Waals surface area contributed by atoms with Gasteiger partial charge >= 0.3 is 0 Å². The van der Waals surface area contributed by atoms with Crippen LogP contribution >= 0.6 is 0 Å². The van der Waals surface area contributed by atoms with Gasteiger partial charge in [0.2, 0.25) is 0 Å². The predicted molar refractivity (Wildman–Crippen MR) is 162 cm³/mol. The molecule has 0 saturated carbocycles. The Morgan fingerprint density at radius 1 is 0.718 bits per heavy atom. The van der Waals surface area contributed by atoms with E-state index in [2.05, 4.69) is 101 Å². The van der Waals surface area contributed by atoms with Crippen molar-refractivity contribution in [1.82, 2.24) is 20.9 Å². The second-order valence-corrected chi connectivity index (χ2v) is 13.9. The van der Waals surface area contributed by atoms with Gasteiger partial charge in [0, 0.05) is 86.6 Å². The summed E-state index contributed by atoms with van der Waals surface area (Å²) >= 11 is 0. The van der Waals surface area contributed by atoms with E-state index in [-0.39, 0.29) is 22.9 Å². The highest BCUT2D eigenvalue weighted by Gasteiger charge is 2.39. The number of rotatable bonds is 3. The predicted octanol–water partition coefficient (Wildman–Crippen LogP) is 4.79. The lowest BCUT2D eigenvalue weighted by Gasteiger charge is -2.39. The van der Waals surface area contributed by atoms with Crippen molar-refractivity contribution in [3.05, 3.63) is 57.6 Å². The molecule has 1 fully saturated rings. The normalized spacial score (nSPS) is 19.3. The van der Waals surface area contributed by atoms with Gasteiger partial charge in [-0.25, -0.2) is 0 Å². The maximum absolute atomic E-state index is 10.4. The SMILES string of the molecule is CC(C)(C)c1cc(CO)c2c(c1)C(C)(C)c1cc(C(C)(C)C)cc(CN3CCNCCNCCNCC3)c1O2. The van der Waals surface area contributed by atoms with Crippen LogP contribution in [-0.4, -0.2) is 62.4 Å². The van der Waals surface area contributed by atoms with Gasteiger partial charge in [0.1, 0.15) is 11.5 Å². The first-order valence-electron chi connectivity index (χ1n) is 14.8. The van der Waals surface area contributed by atoms with Gasteiger partial charge < -0.3 is 25.8 Å². The molecule has 2 aliphatic heterocycles. The number of aliphatic hydroxyl groups excluding tert-OH is 1. The molecular formula is C33H52N4O2. The molecule has 0 spiro atoms. The van der Waals surface area contributed by atoms with Crippen molar-refractivity contribution >= 4 is 0 Å². The van der Waals surface area contributed by atoms with Crippen molar-refractivity contribution in [3.8, 4) is 11.5 Å². The average molecular weight is 537 g/mol. The zero-order valence-corrected chi connectivity index (χ0v) is 25.7. The Morgan fingerprint density at radius 3 is 1.62 bits per heavy atom. The fourth-order valence-electron chi connectivity index (χ4n) is 5.61. The minimum atomic E-state index is -0.262. The van der Waals surface area contributed by atoms with Gasteiger partial charge in [0.15, 0.2) is 0 Å². The summed E-state index contributed by atoms with van der Waals surface area (Å²) in [4.78, 5) is 2.54. The van der Waals surface area contributed by atoms with Crippen molar-refractivity contribution in [2.24, 2.45) is 0 Å². The minimum absolute atomic E-state index is 0.0155. The van der Waals surface area contributed by atoms with Gasteiger partial charge in [0.05, 0.1) is 6.61 Å². The lowest BCUT2D eigenvalue weighted by atomic mass is 9.70. The molecule has 4 N–H and O–H groups in total. The zero-order chi connectivity index (χ0) is 28.4. The van der Waals surface area contributed by atoms with Crippen LogP contribution in [0.1, 0.15) is 88.8 Å². The minimum Gasteiger partial charge on any atom is -0.456 e. The van der Waals surface area contributed by atoms with Crippen LogP contribution in [0.2, 0.25) is 0 Å². The lowest BCUT2D eigenvalue weighted by molar-refractivity contribution is 0.256. The number of fused-ring (bicyclic) bond motifs is 2. The standard InChI is InChI=1S/C33H52N4O2/c1-31(2,3)25-17-23(21-37-15-13-35-11-9-34-10-12-36-14-16-37)29-27(19-25)33(7,8)28-20-26(32(4,5)6)18-24(22-38)30(28)39-29/h17-20,34-36,38H,9-16,21-22H2,1-8H3. The number of ether oxygens (including phenoxy) is 1. The first-order chi connectivity index (χ1) is 18.3. The van der Waals surface area contributed by atoms with E-state index in [1.165, 1.54) is 22.3 Å². The van der Waals surface area contributed by atoms with Crippen LogP contribution < -0.4 is 20.7 Å². The number of hydrogen-bond donors (Lipinski definition) is 4. The first kappa shape index (κ1) is 30.0. The van der Waals surface area contributed by atoms with E-state index in [1.807, 2.05) is 0 Å². The molecule has 39 heavy (non-hydrogen) atoms. The summed E-state index contributed by atoms with van der Waals surface area (Å²) in [5.41, 5.74) is 6.80. The Labute approximate surface area is 236 Å². The van der Waals surface area contributed by atoms with Crippen molar-refractivity contribution in [2.45, 2.75) is 84.8 Å². The van der Waals surface area contributed by atoms with E-state index in [9.17, 15) is 5.11 Å². The quantitative estimate of drug-likeness (QED) is 0.452. The summed E-state index contributed by atoms with van der Waals surface area (Å²) in [5.74, 6) is 1.80. The molecule has 2 aliphatic rings. The van der Waals surface area contributed by atoms with Gasteiger partial charge in [-0.15, -0.1) is 0 Å². The molecule has 2 heterocycles. The molecule has 0 radical (unpaired) electrons. The van der Waals surface area contributed by atoms with Gasteiger partial charge in [-0.3, -0.25) is 4.90 Å². The molecule has 2 aromatic rings. The fraction of sp³-hybridized carbons (Fsp3) is 0.636. The topological polar surface area (TPSA) is 68.8 Å². The van der Waals surface area contributed by atoms with Crippen LogP contribution in [0.3, 0.4) is 0 Å². The Morgan fingerprint density at radius 2 is 1.15 bits per heavy atom. The molecular weight excluding hydrogens is 484 g/mol. The van der Waals surface area contributed by atoms with Crippen molar-refractivity contribution in [1.29, 1.82) is 0 Å². The second kappa shape index (κ2) is 11.9. The Balaban J connectivity index is 1.79. The molecule has 216 valence electrons. The van der Waals surface area contributed by atoms with Crippen LogP contribution in [-0.2, 0) is 29.4 Å². The van der Waals surface area contributed by atoms with E-state index in [4.69, 9.17) is 4.74 Å². The zero-order valence-electron chi connectivity index (χ0n) is 25.7. The van der Waals surface area contributed by atoms with Gasteiger partial charge in [-0.1, -0.05) is 73.6 Å². The number of benzene rings is 2. The molecule has 6 heteroatoms. The Bertz CT molecular complexity index is 1130. The van der Waals surface area contributed by atoms with Crippen LogP contribution in [0.4, 0.5) is 0 Å². The molecule has 0 unspecified atom stereocenters. The summed E-state index contributed by atoms with van der Waals surface area (Å²) in [6, 6.07) is 9.18. The Kier molecular flexibility index (Phi) is 9.14. The van der Waals surface area contributed by atoms with Crippen LogP contribution in [0.5, 0.6) is 11.5 Å². The molecule has 1 saturated heterocycles. The molecule has 0 bridgehead atoms. The molecule has 6 nitrogen and oxygen atoms in total. The van der Waals surface area contributed by atoms with E-state index < -0.39 is 0 Å². The summed E-state index contributed by atoms with van der Waals surface area (Å²) in [6.07, 6.45) is 0. The highest BCUT2D eigenvalue weighted by atomic mass is 16.5. The first-order valence-corrected chi connectivity index (χ1v) is 14.8. The van der Waals surface area contributed by atoms with Gasteiger partial charge in [-0.05, 0) is 28.0 Å². The number of hydrogen-bond acceptors (Lipinski definition) is 6. The number of nitrogens with one attached hydrogen (secondary N) is 3. The van der Waals surface area contributed by atoms with Gasteiger partial charge in [-0.2, -0.15) is 0 Å². The third kappa shape index (κ3) is 6.86. The third-order valence-electron chi connectivity index (χ3n) is 8.35. The maximum Gasteiger partial charge on any atom is 0.137 e. The molecule has 4 rings (SSSR count). The third-order valence-corrected chi connectivity index (χ3v) is 8.35. The Hall–Kier alpha value is -1.96. The molecule has 0 atom stereocenters. The molecule has 0 aromatic heterocycles. The maximum atomic E-state index is 10.4. The van der Waals surface area contributed by atoms with E-state index in [0.717, 1.165) is 81.5 Å². The fourth-order valence-corrected chi connectivity index (χ4v) is 5.61. The smallest absolute Gasteiger partial charge is 0.137 e. The van der Waals surface area contributed by atoms with E-state index >= 15 is 0 Å². The summed E-state index contributed by atoms with van der Waals surface area (Å²) in [7, 11) is 0. The molecule has 0 amide bonds. The molecule has 2 aromatic carbocycles. The highest BCUT2D eigenvalue weighted by molar-refractivity contribution is 5.63. The average Bonchev–Trinajstić information content (AvgIpc) is 2.84. The van der Waals surface area contributed by atoms with E-state index in [0.29, 0.717) is 0 Å². The monoisotopic (exact) mass is 536 g/mol. The van der Waals surface area contributed by atoms with Crippen LogP contribution in [0, 0.1) is 0 Å². The van der Waals surface area contributed by atoms with Crippen molar-refractivity contribution in [3.63, 3.8) is 0 Å². The highest BCUT2D eigenvalue weighted by Crippen LogP contribution is 2.52. The lowest BCUT2D eigenvalue weighted by Crippen LogP contribution is -2.41. The number of aliphatic hydroxyl groups is 1.